The number of H-pyrrole nitrogens is 1. The van der Waals surface area contributed by atoms with Gasteiger partial charge in [-0.1, -0.05) is 15.9 Å². The van der Waals surface area contributed by atoms with Crippen LogP contribution in [0.15, 0.2) is 28.7 Å². The Kier molecular flexibility index (Phi) is 4.21. The zero-order valence-corrected chi connectivity index (χ0v) is 11.7. The van der Waals surface area contributed by atoms with Gasteiger partial charge in [0.15, 0.2) is 0 Å². The van der Waals surface area contributed by atoms with Gasteiger partial charge in [0.05, 0.1) is 0 Å². The van der Waals surface area contributed by atoms with Crippen LogP contribution in [-0.4, -0.2) is 28.5 Å². The lowest BCUT2D eigenvalue weighted by molar-refractivity contribution is -0.137. The van der Waals surface area contributed by atoms with E-state index in [-0.39, 0.29) is 12.3 Å². The van der Waals surface area contributed by atoms with Crippen molar-refractivity contribution in [3.8, 4) is 0 Å². The molecule has 5 nitrogen and oxygen atoms in total. The molecule has 19 heavy (non-hydrogen) atoms. The Morgan fingerprint density at radius 1 is 1.32 bits per heavy atom. The number of carboxylic acids is 1. The summed E-state index contributed by atoms with van der Waals surface area (Å²) in [5, 5.41) is 12.1. The van der Waals surface area contributed by atoms with Crippen LogP contribution in [0.25, 0.3) is 10.9 Å². The van der Waals surface area contributed by atoms with Gasteiger partial charge in [0.1, 0.15) is 5.69 Å². The number of hydrogen-bond donors (Lipinski definition) is 3. The molecule has 0 spiro atoms. The van der Waals surface area contributed by atoms with Crippen LogP contribution in [0.2, 0.25) is 0 Å². The molecule has 1 amide bonds. The van der Waals surface area contributed by atoms with E-state index in [0.717, 1.165) is 15.4 Å². The molecule has 0 atom stereocenters. The zero-order chi connectivity index (χ0) is 13.8. The largest absolute Gasteiger partial charge is 0.481 e. The zero-order valence-electron chi connectivity index (χ0n) is 10.1. The molecule has 2 rings (SSSR count). The predicted molar refractivity (Wildman–Crippen MR) is 75.2 cm³/mol. The molecule has 1 aromatic carbocycles. The summed E-state index contributed by atoms with van der Waals surface area (Å²) in [7, 11) is 0. The molecule has 0 saturated heterocycles. The number of aromatic nitrogens is 1. The fourth-order valence-electron chi connectivity index (χ4n) is 1.76. The van der Waals surface area contributed by atoms with E-state index in [1.54, 1.807) is 6.07 Å². The second-order valence-electron chi connectivity index (χ2n) is 4.17. The average molecular weight is 325 g/mol. The van der Waals surface area contributed by atoms with Gasteiger partial charge in [-0.25, -0.2) is 0 Å². The number of carboxylic acid groups (broad SMARTS) is 1. The third-order valence-corrected chi connectivity index (χ3v) is 3.17. The first-order valence-corrected chi connectivity index (χ1v) is 6.64. The van der Waals surface area contributed by atoms with E-state index >= 15 is 0 Å². The number of carbonyl (C=O) groups excluding carboxylic acids is 1. The maximum Gasteiger partial charge on any atom is 0.303 e. The summed E-state index contributed by atoms with van der Waals surface area (Å²) < 4.78 is 0.951. The third-order valence-electron chi connectivity index (χ3n) is 2.68. The molecule has 0 aliphatic carbocycles. The minimum atomic E-state index is -0.857. The summed E-state index contributed by atoms with van der Waals surface area (Å²) >= 11 is 3.37. The molecule has 1 aromatic heterocycles. The van der Waals surface area contributed by atoms with E-state index in [2.05, 4.69) is 26.2 Å². The molecule has 100 valence electrons. The van der Waals surface area contributed by atoms with Crippen molar-refractivity contribution in [2.24, 2.45) is 0 Å². The molecule has 0 bridgehead atoms. The van der Waals surface area contributed by atoms with Gasteiger partial charge in [0.2, 0.25) is 0 Å². The molecule has 0 aliphatic rings. The molecule has 0 aliphatic heterocycles. The number of hydrogen-bond acceptors (Lipinski definition) is 2. The number of halogens is 1. The molecule has 3 N–H and O–H groups in total. The maximum atomic E-state index is 11.8. The van der Waals surface area contributed by atoms with Crippen LogP contribution in [0.4, 0.5) is 0 Å². The van der Waals surface area contributed by atoms with Crippen molar-refractivity contribution in [2.45, 2.75) is 12.8 Å². The summed E-state index contributed by atoms with van der Waals surface area (Å²) in [4.78, 5) is 25.2. The Morgan fingerprint density at radius 2 is 2.11 bits per heavy atom. The number of rotatable bonds is 5. The predicted octanol–water partition coefficient (Wildman–Crippen LogP) is 2.53. The Morgan fingerprint density at radius 3 is 2.84 bits per heavy atom. The van der Waals surface area contributed by atoms with Crippen molar-refractivity contribution in [1.82, 2.24) is 10.3 Å². The van der Waals surface area contributed by atoms with Crippen molar-refractivity contribution in [1.29, 1.82) is 0 Å². The number of benzene rings is 1. The van der Waals surface area contributed by atoms with Crippen LogP contribution in [0.5, 0.6) is 0 Å². The quantitative estimate of drug-likeness (QED) is 0.739. The molecular weight excluding hydrogens is 312 g/mol. The molecule has 2 aromatic rings. The van der Waals surface area contributed by atoms with Crippen molar-refractivity contribution in [2.75, 3.05) is 6.54 Å². The van der Waals surface area contributed by atoms with E-state index in [1.165, 1.54) is 0 Å². The fourth-order valence-corrected chi connectivity index (χ4v) is 2.14. The summed E-state index contributed by atoms with van der Waals surface area (Å²) in [6.07, 6.45) is 0.479. The minimum absolute atomic E-state index is 0.0555. The van der Waals surface area contributed by atoms with Gasteiger partial charge in [0, 0.05) is 28.3 Å². The van der Waals surface area contributed by atoms with Gasteiger partial charge in [0.25, 0.3) is 5.91 Å². The van der Waals surface area contributed by atoms with Crippen LogP contribution in [0.3, 0.4) is 0 Å². The molecule has 0 fully saturated rings. The Labute approximate surface area is 118 Å². The van der Waals surface area contributed by atoms with Gasteiger partial charge in [-0.15, -0.1) is 0 Å². The second kappa shape index (κ2) is 5.88. The van der Waals surface area contributed by atoms with E-state index in [1.807, 2.05) is 18.2 Å². The highest BCUT2D eigenvalue weighted by Gasteiger charge is 2.09. The first kappa shape index (κ1) is 13.6. The van der Waals surface area contributed by atoms with E-state index < -0.39 is 5.97 Å². The highest BCUT2D eigenvalue weighted by atomic mass is 79.9. The topological polar surface area (TPSA) is 82.2 Å². The molecule has 1 heterocycles. The minimum Gasteiger partial charge on any atom is -0.481 e. The molecule has 0 radical (unpaired) electrons. The fraction of sp³-hybridized carbons (Fsp3) is 0.231. The van der Waals surface area contributed by atoms with Crippen LogP contribution < -0.4 is 5.32 Å². The smallest absolute Gasteiger partial charge is 0.303 e. The monoisotopic (exact) mass is 324 g/mol. The van der Waals surface area contributed by atoms with Crippen molar-refractivity contribution < 1.29 is 14.7 Å². The number of amides is 1. The van der Waals surface area contributed by atoms with Crippen molar-refractivity contribution in [3.05, 3.63) is 34.4 Å². The lowest BCUT2D eigenvalue weighted by Gasteiger charge is -2.01. The van der Waals surface area contributed by atoms with Crippen molar-refractivity contribution >= 4 is 38.7 Å². The number of aliphatic carboxylic acids is 1. The first-order chi connectivity index (χ1) is 9.06. The van der Waals surface area contributed by atoms with Gasteiger partial charge in [-0.3, -0.25) is 9.59 Å². The summed E-state index contributed by atoms with van der Waals surface area (Å²) in [6, 6.07) is 7.48. The number of nitrogens with one attached hydrogen (secondary N) is 2. The van der Waals surface area contributed by atoms with Gasteiger partial charge < -0.3 is 15.4 Å². The van der Waals surface area contributed by atoms with E-state index in [0.29, 0.717) is 18.7 Å². The standard InChI is InChI=1S/C13H13BrN2O3/c14-9-3-4-10-8(6-9)7-11(16-10)13(19)15-5-1-2-12(17)18/h3-4,6-7,16H,1-2,5H2,(H,15,19)(H,17,18). The van der Waals surface area contributed by atoms with Crippen LogP contribution >= 0.6 is 15.9 Å². The molecule has 0 saturated carbocycles. The normalized spacial score (nSPS) is 10.6. The first-order valence-electron chi connectivity index (χ1n) is 5.84. The molecular formula is C13H13BrN2O3. The number of fused-ring (bicyclic) bond motifs is 1. The van der Waals surface area contributed by atoms with Gasteiger partial charge in [-0.05, 0) is 30.7 Å². The van der Waals surface area contributed by atoms with Crippen LogP contribution in [-0.2, 0) is 4.79 Å². The summed E-state index contributed by atoms with van der Waals surface area (Å²) in [5.41, 5.74) is 1.36. The van der Waals surface area contributed by atoms with Crippen LogP contribution in [0, 0.1) is 0 Å². The van der Waals surface area contributed by atoms with Crippen molar-refractivity contribution in [3.63, 3.8) is 0 Å². The molecule has 0 unspecified atom stereocenters. The Hall–Kier alpha value is -1.82. The highest BCUT2D eigenvalue weighted by Crippen LogP contribution is 2.20. The van der Waals surface area contributed by atoms with Gasteiger partial charge >= 0.3 is 5.97 Å². The van der Waals surface area contributed by atoms with Crippen LogP contribution in [0.1, 0.15) is 23.3 Å². The average Bonchev–Trinajstić information content (AvgIpc) is 2.77. The van der Waals surface area contributed by atoms with E-state index in [9.17, 15) is 9.59 Å². The lowest BCUT2D eigenvalue weighted by atomic mass is 10.2. The Balaban J connectivity index is 1.99. The summed E-state index contributed by atoms with van der Waals surface area (Å²) in [5.74, 6) is -1.08. The highest BCUT2D eigenvalue weighted by molar-refractivity contribution is 9.10. The van der Waals surface area contributed by atoms with Gasteiger partial charge in [-0.2, -0.15) is 0 Å². The lowest BCUT2D eigenvalue weighted by Crippen LogP contribution is -2.25. The third kappa shape index (κ3) is 3.57. The summed E-state index contributed by atoms with van der Waals surface area (Å²) in [6.45, 7) is 0.351. The second-order valence-corrected chi connectivity index (χ2v) is 5.08. The number of carbonyl (C=O) groups is 2. The molecule has 6 heteroatoms. The maximum absolute atomic E-state index is 11.8. The van der Waals surface area contributed by atoms with E-state index in [4.69, 9.17) is 5.11 Å². The SMILES string of the molecule is O=C(O)CCCNC(=O)c1cc2cc(Br)ccc2[nH]1. The number of aromatic amines is 1. The Bertz CT molecular complexity index is 621.